The molecule has 0 aliphatic rings. The van der Waals surface area contributed by atoms with Crippen LogP contribution < -0.4 is 21.9 Å². The van der Waals surface area contributed by atoms with E-state index < -0.39 is 0 Å². The summed E-state index contributed by atoms with van der Waals surface area (Å²) in [6.45, 7) is 1.49. The number of nitrogens with two attached hydrogens (primary N) is 1. The Kier molecular flexibility index (Phi) is 4.47. The zero-order valence-electron chi connectivity index (χ0n) is 15.0. The van der Waals surface area contributed by atoms with Crippen molar-refractivity contribution in [2.45, 2.75) is 13.0 Å². The third-order valence-corrected chi connectivity index (χ3v) is 4.53. The Morgan fingerprint density at radius 1 is 1.11 bits per heavy atom. The third kappa shape index (κ3) is 3.34. The number of nitrogens with one attached hydrogen (secondary N) is 4. The summed E-state index contributed by atoms with van der Waals surface area (Å²) in [6, 6.07) is 12.0. The van der Waals surface area contributed by atoms with E-state index in [9.17, 15) is 4.79 Å². The standard InChI is InChI=1S/C19H21N7O/c1-21-19-23-14-9-13-15(24-18(20)26-17(13)27)12(16(14)25-19)7-8-22-10-11-5-3-2-4-6-11/h2-6,9,22H,7-8,10H2,1H3,(H2,21,23,25)(H3,20,24,26,27). The molecular formula is C19H21N7O. The van der Waals surface area contributed by atoms with Crippen molar-refractivity contribution in [1.82, 2.24) is 25.3 Å². The number of imidazole rings is 1. The summed E-state index contributed by atoms with van der Waals surface area (Å²) >= 11 is 0. The van der Waals surface area contributed by atoms with E-state index in [1.807, 2.05) is 18.2 Å². The van der Waals surface area contributed by atoms with Crippen molar-refractivity contribution in [2.24, 2.45) is 0 Å². The van der Waals surface area contributed by atoms with E-state index in [4.69, 9.17) is 5.73 Å². The van der Waals surface area contributed by atoms with Gasteiger partial charge in [-0.3, -0.25) is 9.78 Å². The van der Waals surface area contributed by atoms with Gasteiger partial charge >= 0.3 is 0 Å². The number of rotatable bonds is 6. The number of nitrogen functional groups attached to an aromatic ring is 1. The Hall–Kier alpha value is -3.39. The molecule has 4 rings (SSSR count). The van der Waals surface area contributed by atoms with Crippen molar-refractivity contribution >= 4 is 33.8 Å². The molecule has 2 aromatic carbocycles. The summed E-state index contributed by atoms with van der Waals surface area (Å²) in [5.74, 6) is 0.748. The van der Waals surface area contributed by atoms with Gasteiger partial charge in [-0.05, 0) is 24.6 Å². The number of H-pyrrole nitrogens is 2. The van der Waals surface area contributed by atoms with Crippen LogP contribution in [0.4, 0.5) is 11.9 Å². The summed E-state index contributed by atoms with van der Waals surface area (Å²) in [5.41, 5.74) is 9.83. The monoisotopic (exact) mass is 363 g/mol. The Morgan fingerprint density at radius 3 is 2.70 bits per heavy atom. The van der Waals surface area contributed by atoms with E-state index in [1.165, 1.54) is 5.56 Å². The fourth-order valence-corrected chi connectivity index (χ4v) is 3.24. The number of aromatic nitrogens is 4. The molecule has 138 valence electrons. The maximum Gasteiger partial charge on any atom is 0.260 e. The van der Waals surface area contributed by atoms with Gasteiger partial charge in [-0.25, -0.2) is 9.97 Å². The molecule has 8 heteroatoms. The molecule has 0 fully saturated rings. The summed E-state index contributed by atoms with van der Waals surface area (Å²) in [6.07, 6.45) is 0.671. The second-order valence-electron chi connectivity index (χ2n) is 6.35. The predicted octanol–water partition coefficient (Wildman–Crippen LogP) is 1.76. The lowest BCUT2D eigenvalue weighted by atomic mass is 10.1. The fraction of sp³-hybridized carbons (Fsp3) is 0.211. The molecule has 0 unspecified atom stereocenters. The zero-order valence-corrected chi connectivity index (χ0v) is 15.0. The first-order valence-electron chi connectivity index (χ1n) is 8.79. The van der Waals surface area contributed by atoms with E-state index in [0.29, 0.717) is 23.3 Å². The van der Waals surface area contributed by atoms with E-state index in [0.717, 1.165) is 29.7 Å². The molecule has 8 nitrogen and oxygen atoms in total. The van der Waals surface area contributed by atoms with Crippen LogP contribution in [-0.2, 0) is 13.0 Å². The lowest BCUT2D eigenvalue weighted by Gasteiger charge is -2.09. The van der Waals surface area contributed by atoms with Crippen LogP contribution >= 0.6 is 0 Å². The third-order valence-electron chi connectivity index (χ3n) is 4.53. The van der Waals surface area contributed by atoms with Gasteiger partial charge in [-0.15, -0.1) is 0 Å². The Labute approximate surface area is 155 Å². The summed E-state index contributed by atoms with van der Waals surface area (Å²) in [5, 5.41) is 6.93. The van der Waals surface area contributed by atoms with Crippen LogP contribution in [0.3, 0.4) is 0 Å². The minimum absolute atomic E-state index is 0.106. The van der Waals surface area contributed by atoms with Crippen molar-refractivity contribution in [3.63, 3.8) is 0 Å². The normalized spacial score (nSPS) is 11.3. The highest BCUT2D eigenvalue weighted by Gasteiger charge is 2.15. The number of aromatic amines is 2. The van der Waals surface area contributed by atoms with E-state index >= 15 is 0 Å². The van der Waals surface area contributed by atoms with Crippen LogP contribution in [0, 0.1) is 0 Å². The molecule has 4 aromatic rings. The molecule has 0 saturated heterocycles. The van der Waals surface area contributed by atoms with Crippen molar-refractivity contribution < 1.29 is 0 Å². The molecule has 0 radical (unpaired) electrons. The number of hydrogen-bond donors (Lipinski definition) is 5. The Bertz CT molecular complexity index is 1150. The van der Waals surface area contributed by atoms with Crippen molar-refractivity contribution in [2.75, 3.05) is 24.6 Å². The maximum atomic E-state index is 12.3. The van der Waals surface area contributed by atoms with Gasteiger partial charge < -0.3 is 21.4 Å². The second kappa shape index (κ2) is 7.08. The van der Waals surface area contributed by atoms with Gasteiger partial charge in [0.15, 0.2) is 0 Å². The Balaban J connectivity index is 1.69. The van der Waals surface area contributed by atoms with Gasteiger partial charge in [0.05, 0.1) is 21.9 Å². The molecule has 0 aliphatic carbocycles. The summed E-state index contributed by atoms with van der Waals surface area (Å²) in [4.78, 5) is 27.1. The number of anilines is 2. The average molecular weight is 363 g/mol. The summed E-state index contributed by atoms with van der Waals surface area (Å²) in [7, 11) is 1.79. The highest BCUT2D eigenvalue weighted by atomic mass is 16.1. The lowest BCUT2D eigenvalue weighted by molar-refractivity contribution is 0.689. The van der Waals surface area contributed by atoms with Crippen LogP contribution in [0.5, 0.6) is 0 Å². The first-order valence-corrected chi connectivity index (χ1v) is 8.79. The molecular weight excluding hydrogens is 342 g/mol. The first kappa shape index (κ1) is 17.0. The quantitative estimate of drug-likeness (QED) is 0.333. The smallest absolute Gasteiger partial charge is 0.260 e. The number of benzene rings is 2. The number of nitrogens with zero attached hydrogens (tertiary/aromatic N) is 2. The van der Waals surface area contributed by atoms with Crippen LogP contribution in [0.25, 0.3) is 21.9 Å². The molecule has 0 bridgehead atoms. The van der Waals surface area contributed by atoms with Crippen molar-refractivity contribution in [1.29, 1.82) is 0 Å². The predicted molar refractivity (Wildman–Crippen MR) is 108 cm³/mol. The average Bonchev–Trinajstić information content (AvgIpc) is 3.09. The van der Waals surface area contributed by atoms with E-state index in [-0.39, 0.29) is 11.5 Å². The van der Waals surface area contributed by atoms with Gasteiger partial charge in [0.25, 0.3) is 5.56 Å². The van der Waals surface area contributed by atoms with Gasteiger partial charge in [-0.1, -0.05) is 30.3 Å². The first-order chi connectivity index (χ1) is 13.2. The Morgan fingerprint density at radius 2 is 1.93 bits per heavy atom. The second-order valence-corrected chi connectivity index (χ2v) is 6.35. The van der Waals surface area contributed by atoms with Gasteiger partial charge in [0.1, 0.15) is 0 Å². The molecule has 0 aliphatic heterocycles. The van der Waals surface area contributed by atoms with Crippen molar-refractivity contribution in [3.8, 4) is 0 Å². The fourth-order valence-electron chi connectivity index (χ4n) is 3.24. The van der Waals surface area contributed by atoms with Crippen LogP contribution in [-0.4, -0.2) is 33.5 Å². The highest BCUT2D eigenvalue weighted by Crippen LogP contribution is 2.26. The molecule has 2 heterocycles. The molecule has 27 heavy (non-hydrogen) atoms. The largest absolute Gasteiger partial charge is 0.369 e. The van der Waals surface area contributed by atoms with Gasteiger partial charge in [0.2, 0.25) is 11.9 Å². The van der Waals surface area contributed by atoms with Crippen LogP contribution in [0.1, 0.15) is 11.1 Å². The van der Waals surface area contributed by atoms with Crippen LogP contribution in [0.2, 0.25) is 0 Å². The summed E-state index contributed by atoms with van der Waals surface area (Å²) < 4.78 is 0. The van der Waals surface area contributed by atoms with Gasteiger partial charge in [0, 0.05) is 19.2 Å². The molecule has 0 amide bonds. The van der Waals surface area contributed by atoms with Gasteiger partial charge in [-0.2, -0.15) is 0 Å². The molecule has 0 saturated carbocycles. The molecule has 0 atom stereocenters. The van der Waals surface area contributed by atoms with E-state index in [1.54, 1.807) is 13.1 Å². The minimum atomic E-state index is -0.251. The zero-order chi connectivity index (χ0) is 18.8. The maximum absolute atomic E-state index is 12.3. The van der Waals surface area contributed by atoms with E-state index in [2.05, 4.69) is 42.7 Å². The molecule has 6 N–H and O–H groups in total. The lowest BCUT2D eigenvalue weighted by Crippen LogP contribution is -2.18. The SMILES string of the molecule is CNc1nc2c(CCNCc3ccccc3)c3nc(N)[nH]c(=O)c3cc2[nH]1. The van der Waals surface area contributed by atoms with Crippen LogP contribution in [0.15, 0.2) is 41.2 Å². The molecule has 2 aromatic heterocycles. The number of fused-ring (bicyclic) bond motifs is 2. The minimum Gasteiger partial charge on any atom is -0.369 e. The topological polar surface area (TPSA) is 125 Å². The number of hydrogen-bond acceptors (Lipinski definition) is 6. The highest BCUT2D eigenvalue weighted by molar-refractivity contribution is 5.98. The van der Waals surface area contributed by atoms with Crippen molar-refractivity contribution in [3.05, 3.63) is 57.9 Å². The molecule has 0 spiro atoms.